The van der Waals surface area contributed by atoms with Gasteiger partial charge in [-0.05, 0) is 38.5 Å². The van der Waals surface area contributed by atoms with Crippen LogP contribution in [0.5, 0.6) is 0 Å². The second kappa shape index (κ2) is 20.8. The number of unbranched alkanes of at least 4 members (excludes halogenated alkanes) is 3. The van der Waals surface area contributed by atoms with E-state index in [0.717, 1.165) is 44.9 Å². The summed E-state index contributed by atoms with van der Waals surface area (Å²) in [5.74, 6) is -0.735. The minimum Gasteiger partial charge on any atom is -0.463 e. The molecule has 3 N–H and O–H groups in total. The predicted octanol–water partition coefficient (Wildman–Crippen LogP) is 3.97. The van der Waals surface area contributed by atoms with E-state index >= 15 is 0 Å². The molecule has 0 bridgehead atoms. The monoisotopic (exact) mass is 489 g/mol. The van der Waals surface area contributed by atoms with Crippen molar-refractivity contribution in [3.63, 3.8) is 0 Å². The Hall–Kier alpha value is -1.77. The van der Waals surface area contributed by atoms with Gasteiger partial charge in [-0.3, -0.25) is 18.6 Å². The van der Waals surface area contributed by atoms with Gasteiger partial charge in [0.05, 0.1) is 13.2 Å². The van der Waals surface area contributed by atoms with Crippen molar-refractivity contribution in [2.24, 2.45) is 0 Å². The van der Waals surface area contributed by atoms with Crippen molar-refractivity contribution in [2.75, 3.05) is 26.4 Å². The summed E-state index contributed by atoms with van der Waals surface area (Å²) in [7, 11) is -4.37. The second-order valence-corrected chi connectivity index (χ2v) is 8.75. The van der Waals surface area contributed by atoms with Crippen molar-refractivity contribution in [3.8, 4) is 0 Å². The summed E-state index contributed by atoms with van der Waals surface area (Å²) < 4.78 is 25.5. The van der Waals surface area contributed by atoms with E-state index in [-0.39, 0.29) is 25.7 Å². The fourth-order valence-corrected chi connectivity index (χ4v) is 3.23. The molecule has 0 heterocycles. The van der Waals surface area contributed by atoms with Crippen LogP contribution in [-0.2, 0) is 27.9 Å². The Labute approximate surface area is 197 Å². The van der Waals surface area contributed by atoms with Gasteiger partial charge >= 0.3 is 13.8 Å². The summed E-state index contributed by atoms with van der Waals surface area (Å²) in [6.45, 7) is 2.26. The first-order valence-corrected chi connectivity index (χ1v) is 12.9. The Morgan fingerprint density at radius 3 is 2.30 bits per heavy atom. The number of ether oxygens (including phenoxy) is 1. The molecule has 190 valence electrons. The van der Waals surface area contributed by atoms with Crippen LogP contribution < -0.4 is 5.32 Å². The maximum Gasteiger partial charge on any atom is 0.472 e. The lowest BCUT2D eigenvalue weighted by Gasteiger charge is -2.15. The number of esters is 1. The molecule has 0 saturated heterocycles. The van der Waals surface area contributed by atoms with Crippen molar-refractivity contribution in [3.05, 3.63) is 36.5 Å². The molecule has 0 aliphatic carbocycles. The van der Waals surface area contributed by atoms with E-state index in [1.54, 1.807) is 0 Å². The molecule has 1 amide bonds. The molecule has 0 rings (SSSR count). The molecule has 0 spiro atoms. The molecule has 0 saturated carbocycles. The zero-order chi connectivity index (χ0) is 24.8. The van der Waals surface area contributed by atoms with Crippen LogP contribution in [0.1, 0.15) is 65.2 Å². The van der Waals surface area contributed by atoms with Gasteiger partial charge in [-0.1, -0.05) is 49.8 Å². The third-order valence-electron chi connectivity index (χ3n) is 4.14. The Balaban J connectivity index is 3.66. The molecule has 2 atom stereocenters. The highest BCUT2D eigenvalue weighted by atomic mass is 31.2. The first-order chi connectivity index (χ1) is 15.8. The van der Waals surface area contributed by atoms with E-state index in [1.165, 1.54) is 6.92 Å². The SMILES string of the molecule is CC/C=C\C/C=C\C/C=C\CCCCCC(=O)NCCOP(=O)(O)OCC(O)COC(C)=O. The van der Waals surface area contributed by atoms with Gasteiger partial charge in [0.1, 0.15) is 12.7 Å². The quantitative estimate of drug-likeness (QED) is 0.101. The van der Waals surface area contributed by atoms with Gasteiger partial charge in [0.2, 0.25) is 5.91 Å². The molecule has 0 radical (unpaired) electrons. The lowest BCUT2D eigenvalue weighted by Crippen LogP contribution is -2.27. The number of carbonyl (C=O) groups is 2. The van der Waals surface area contributed by atoms with Crippen molar-refractivity contribution in [1.29, 1.82) is 0 Å². The number of phosphoric acid groups is 1. The van der Waals surface area contributed by atoms with E-state index < -0.39 is 26.5 Å². The number of aliphatic hydroxyl groups is 1. The van der Waals surface area contributed by atoms with Gasteiger partial charge in [-0.2, -0.15) is 0 Å². The maximum atomic E-state index is 11.8. The highest BCUT2D eigenvalue weighted by molar-refractivity contribution is 7.47. The molecular weight excluding hydrogens is 449 g/mol. The molecule has 0 aliphatic heterocycles. The number of allylic oxidation sites excluding steroid dienone is 6. The predicted molar refractivity (Wildman–Crippen MR) is 127 cm³/mol. The summed E-state index contributed by atoms with van der Waals surface area (Å²) in [4.78, 5) is 31.9. The van der Waals surface area contributed by atoms with Crippen LogP contribution in [0.3, 0.4) is 0 Å². The normalized spacial score (nSPS) is 14.7. The number of amides is 1. The van der Waals surface area contributed by atoms with Gasteiger partial charge in [0, 0.05) is 19.9 Å². The molecule has 0 aromatic rings. The number of carbonyl (C=O) groups excluding carboxylic acids is 2. The Bertz CT molecular complexity index is 663. The fourth-order valence-electron chi connectivity index (χ4n) is 2.47. The number of phosphoric ester groups is 1. The molecule has 10 heteroatoms. The number of hydrogen-bond donors (Lipinski definition) is 3. The van der Waals surface area contributed by atoms with E-state index in [9.17, 15) is 24.2 Å². The summed E-state index contributed by atoms with van der Waals surface area (Å²) in [6.07, 6.45) is 18.8. The van der Waals surface area contributed by atoms with Crippen LogP contribution in [0.15, 0.2) is 36.5 Å². The molecular formula is C23H40NO8P. The summed E-state index contributed by atoms with van der Waals surface area (Å²) in [5.41, 5.74) is 0. The molecule has 0 aliphatic rings. The molecule has 0 aromatic carbocycles. The average Bonchev–Trinajstić information content (AvgIpc) is 2.77. The summed E-state index contributed by atoms with van der Waals surface area (Å²) in [6, 6.07) is 0. The third kappa shape index (κ3) is 23.2. The zero-order valence-corrected chi connectivity index (χ0v) is 20.7. The third-order valence-corrected chi connectivity index (χ3v) is 5.13. The Morgan fingerprint density at radius 1 is 0.970 bits per heavy atom. The van der Waals surface area contributed by atoms with Crippen molar-refractivity contribution < 1.29 is 37.9 Å². The highest BCUT2D eigenvalue weighted by Crippen LogP contribution is 2.42. The molecule has 0 fully saturated rings. The summed E-state index contributed by atoms with van der Waals surface area (Å²) in [5, 5.41) is 12.1. The van der Waals surface area contributed by atoms with Crippen LogP contribution in [0.25, 0.3) is 0 Å². The number of aliphatic hydroxyl groups excluding tert-OH is 1. The topological polar surface area (TPSA) is 131 Å². The van der Waals surface area contributed by atoms with Gasteiger partial charge < -0.3 is 20.1 Å². The van der Waals surface area contributed by atoms with Crippen molar-refractivity contribution >= 4 is 19.7 Å². The van der Waals surface area contributed by atoms with Crippen LogP contribution in [0, 0.1) is 0 Å². The lowest BCUT2D eigenvalue weighted by molar-refractivity contribution is -0.144. The minimum atomic E-state index is -4.37. The van der Waals surface area contributed by atoms with E-state index in [1.807, 2.05) is 0 Å². The highest BCUT2D eigenvalue weighted by Gasteiger charge is 2.23. The molecule has 9 nitrogen and oxygen atoms in total. The molecule has 33 heavy (non-hydrogen) atoms. The lowest BCUT2D eigenvalue weighted by atomic mass is 10.1. The van der Waals surface area contributed by atoms with Gasteiger partial charge in [-0.25, -0.2) is 4.57 Å². The number of rotatable bonds is 20. The zero-order valence-electron chi connectivity index (χ0n) is 19.8. The first kappa shape index (κ1) is 31.2. The standard InChI is InChI=1S/C23H40NO8P/c1-3-4-5-6-7-8-9-10-11-12-13-14-15-16-23(27)24-17-18-31-33(28,29)32-20-22(26)19-30-21(2)25/h4-5,7-8,10-11,22,26H,3,6,9,12-20H2,1-2H3,(H,24,27)(H,28,29)/b5-4-,8-7-,11-10-. The smallest absolute Gasteiger partial charge is 0.463 e. The van der Waals surface area contributed by atoms with E-state index in [0.29, 0.717) is 6.42 Å². The van der Waals surface area contributed by atoms with Crippen molar-refractivity contribution in [2.45, 2.75) is 71.3 Å². The Morgan fingerprint density at radius 2 is 1.64 bits per heavy atom. The van der Waals surface area contributed by atoms with E-state index in [4.69, 9.17) is 4.52 Å². The van der Waals surface area contributed by atoms with Gasteiger partial charge in [0.15, 0.2) is 0 Å². The summed E-state index contributed by atoms with van der Waals surface area (Å²) >= 11 is 0. The molecule has 0 aromatic heterocycles. The van der Waals surface area contributed by atoms with E-state index in [2.05, 4.69) is 58.0 Å². The number of hydrogen-bond acceptors (Lipinski definition) is 7. The van der Waals surface area contributed by atoms with Gasteiger partial charge in [-0.15, -0.1) is 0 Å². The largest absolute Gasteiger partial charge is 0.472 e. The molecule has 2 unspecified atom stereocenters. The fraction of sp³-hybridized carbons (Fsp3) is 0.652. The maximum absolute atomic E-state index is 11.8. The average molecular weight is 490 g/mol. The minimum absolute atomic E-state index is 0.0627. The first-order valence-electron chi connectivity index (χ1n) is 11.4. The van der Waals surface area contributed by atoms with Crippen LogP contribution in [0.2, 0.25) is 0 Å². The number of nitrogens with one attached hydrogen (secondary N) is 1. The Kier molecular flexibility index (Phi) is 19.7. The van der Waals surface area contributed by atoms with Crippen molar-refractivity contribution in [1.82, 2.24) is 5.32 Å². The van der Waals surface area contributed by atoms with Crippen LogP contribution in [-0.4, -0.2) is 54.3 Å². The van der Waals surface area contributed by atoms with Crippen LogP contribution >= 0.6 is 7.82 Å². The van der Waals surface area contributed by atoms with Gasteiger partial charge in [0.25, 0.3) is 0 Å². The van der Waals surface area contributed by atoms with Crippen LogP contribution in [0.4, 0.5) is 0 Å². The second-order valence-electron chi connectivity index (χ2n) is 7.30.